The van der Waals surface area contributed by atoms with E-state index >= 15 is 0 Å². The van der Waals surface area contributed by atoms with Crippen molar-refractivity contribution >= 4 is 27.5 Å². The lowest BCUT2D eigenvalue weighted by Crippen LogP contribution is -2.01. The van der Waals surface area contributed by atoms with Crippen molar-refractivity contribution in [3.63, 3.8) is 0 Å². The second-order valence-electron chi connectivity index (χ2n) is 4.25. The number of para-hydroxylation sites is 1. The third-order valence-corrected chi connectivity index (χ3v) is 3.73. The summed E-state index contributed by atoms with van der Waals surface area (Å²) >= 11 is 9.45. The van der Waals surface area contributed by atoms with Gasteiger partial charge >= 0.3 is 0 Å². The predicted molar refractivity (Wildman–Crippen MR) is 79.6 cm³/mol. The summed E-state index contributed by atoms with van der Waals surface area (Å²) in [4.78, 5) is 0. The summed E-state index contributed by atoms with van der Waals surface area (Å²) in [7, 11) is 0. The van der Waals surface area contributed by atoms with Crippen LogP contribution in [0.2, 0.25) is 5.02 Å². The Morgan fingerprint density at radius 2 is 2.00 bits per heavy atom. The maximum absolute atomic E-state index is 13.7. The summed E-state index contributed by atoms with van der Waals surface area (Å²) in [5.74, 6) is -0.0869. The molecule has 0 aliphatic heterocycles. The van der Waals surface area contributed by atoms with Crippen LogP contribution in [0.25, 0.3) is 0 Å². The molecule has 0 heterocycles. The van der Waals surface area contributed by atoms with E-state index in [2.05, 4.69) is 15.9 Å². The van der Waals surface area contributed by atoms with E-state index < -0.39 is 0 Å². The molecule has 2 aromatic carbocycles. The molecule has 0 atom stereocenters. The molecule has 0 spiro atoms. The first-order chi connectivity index (χ1) is 9.11. The van der Waals surface area contributed by atoms with Gasteiger partial charge in [0.1, 0.15) is 6.61 Å². The molecule has 0 N–H and O–H groups in total. The number of aryl methyl sites for hydroxylation is 1. The van der Waals surface area contributed by atoms with E-state index in [0.717, 1.165) is 16.7 Å². The minimum atomic E-state index is -0.361. The van der Waals surface area contributed by atoms with Crippen molar-refractivity contribution < 1.29 is 9.13 Å². The summed E-state index contributed by atoms with van der Waals surface area (Å²) in [6.45, 7) is 2.22. The van der Waals surface area contributed by atoms with Gasteiger partial charge < -0.3 is 4.74 Å². The number of hydrogen-bond donors (Lipinski definition) is 0. The van der Waals surface area contributed by atoms with Crippen LogP contribution in [0.1, 0.15) is 16.7 Å². The molecule has 0 aliphatic rings. The van der Waals surface area contributed by atoms with Crippen molar-refractivity contribution in [3.05, 3.63) is 63.9 Å². The van der Waals surface area contributed by atoms with Crippen LogP contribution in [0, 0.1) is 12.7 Å². The zero-order valence-electron chi connectivity index (χ0n) is 10.4. The quantitative estimate of drug-likeness (QED) is 0.688. The molecule has 0 aromatic heterocycles. The molecule has 2 rings (SSSR count). The highest BCUT2D eigenvalue weighted by molar-refractivity contribution is 9.08. The average Bonchev–Trinajstić information content (AvgIpc) is 2.39. The van der Waals surface area contributed by atoms with Gasteiger partial charge in [0.25, 0.3) is 0 Å². The molecule has 0 bridgehead atoms. The van der Waals surface area contributed by atoms with Gasteiger partial charge in [0.05, 0.1) is 0 Å². The SMILES string of the molecule is Cc1ccc(COc2c(F)cccc2CBr)c(Cl)c1. The van der Waals surface area contributed by atoms with Gasteiger partial charge in [0.15, 0.2) is 11.6 Å². The third-order valence-electron chi connectivity index (χ3n) is 2.77. The summed E-state index contributed by atoms with van der Waals surface area (Å²) in [5.41, 5.74) is 2.71. The second kappa shape index (κ2) is 6.40. The lowest BCUT2D eigenvalue weighted by atomic mass is 10.1. The van der Waals surface area contributed by atoms with Crippen molar-refractivity contribution in [1.29, 1.82) is 0 Å². The minimum absolute atomic E-state index is 0.250. The third kappa shape index (κ3) is 3.48. The molecule has 0 saturated carbocycles. The van der Waals surface area contributed by atoms with E-state index in [-0.39, 0.29) is 18.2 Å². The first kappa shape index (κ1) is 14.4. The Hall–Kier alpha value is -1.06. The van der Waals surface area contributed by atoms with E-state index in [1.807, 2.05) is 31.2 Å². The molecule has 0 amide bonds. The van der Waals surface area contributed by atoms with Crippen LogP contribution in [0.4, 0.5) is 4.39 Å². The molecule has 100 valence electrons. The van der Waals surface area contributed by atoms with Gasteiger partial charge in [-0.15, -0.1) is 0 Å². The van der Waals surface area contributed by atoms with Crippen LogP contribution in [0.5, 0.6) is 5.75 Å². The Morgan fingerprint density at radius 1 is 1.21 bits per heavy atom. The Bertz CT molecular complexity index is 586. The van der Waals surface area contributed by atoms with Crippen molar-refractivity contribution in [3.8, 4) is 5.75 Å². The molecule has 0 unspecified atom stereocenters. The number of hydrogen-bond acceptors (Lipinski definition) is 1. The van der Waals surface area contributed by atoms with Crippen LogP contribution in [-0.2, 0) is 11.9 Å². The first-order valence-corrected chi connectivity index (χ1v) is 7.33. The van der Waals surface area contributed by atoms with Crippen LogP contribution in [0.3, 0.4) is 0 Å². The number of ether oxygens (including phenoxy) is 1. The van der Waals surface area contributed by atoms with Crippen molar-refractivity contribution in [1.82, 2.24) is 0 Å². The topological polar surface area (TPSA) is 9.23 Å². The predicted octanol–water partition coefficient (Wildman–Crippen LogP) is 5.26. The fourth-order valence-electron chi connectivity index (χ4n) is 1.74. The second-order valence-corrected chi connectivity index (χ2v) is 5.21. The van der Waals surface area contributed by atoms with Gasteiger partial charge in [-0.05, 0) is 24.6 Å². The number of alkyl halides is 1. The van der Waals surface area contributed by atoms with Crippen molar-refractivity contribution in [2.75, 3.05) is 0 Å². The zero-order chi connectivity index (χ0) is 13.8. The van der Waals surface area contributed by atoms with Gasteiger partial charge in [0.2, 0.25) is 0 Å². The Balaban J connectivity index is 2.19. The molecular weight excluding hydrogens is 331 g/mol. The lowest BCUT2D eigenvalue weighted by Gasteiger charge is -2.12. The molecule has 1 nitrogen and oxygen atoms in total. The monoisotopic (exact) mass is 342 g/mol. The van der Waals surface area contributed by atoms with Crippen LogP contribution in [0.15, 0.2) is 36.4 Å². The fraction of sp³-hybridized carbons (Fsp3) is 0.200. The van der Waals surface area contributed by atoms with Crippen molar-refractivity contribution in [2.45, 2.75) is 18.9 Å². The maximum atomic E-state index is 13.7. The molecule has 0 aliphatic carbocycles. The highest BCUT2D eigenvalue weighted by atomic mass is 79.9. The largest absolute Gasteiger partial charge is 0.485 e. The first-order valence-electron chi connectivity index (χ1n) is 5.83. The Morgan fingerprint density at radius 3 is 2.68 bits per heavy atom. The molecule has 19 heavy (non-hydrogen) atoms. The summed E-state index contributed by atoms with van der Waals surface area (Å²) in [6.07, 6.45) is 0. The smallest absolute Gasteiger partial charge is 0.165 e. The number of halogens is 3. The normalized spacial score (nSPS) is 10.5. The lowest BCUT2D eigenvalue weighted by molar-refractivity contribution is 0.288. The summed E-state index contributed by atoms with van der Waals surface area (Å²) < 4.78 is 19.3. The fourth-order valence-corrected chi connectivity index (χ4v) is 2.47. The standard InChI is InChI=1S/C15H13BrClFO/c1-10-5-6-12(13(17)7-10)9-19-15-11(8-16)3-2-4-14(15)18/h2-7H,8-9H2,1H3. The Kier molecular flexibility index (Phi) is 4.83. The van der Waals surface area contributed by atoms with Gasteiger partial charge in [-0.1, -0.05) is 51.8 Å². The minimum Gasteiger partial charge on any atom is -0.485 e. The van der Waals surface area contributed by atoms with E-state index in [1.54, 1.807) is 6.07 Å². The van der Waals surface area contributed by atoms with Gasteiger partial charge in [-0.3, -0.25) is 0 Å². The Labute approximate surface area is 125 Å². The van der Waals surface area contributed by atoms with Gasteiger partial charge in [-0.25, -0.2) is 4.39 Å². The molecule has 4 heteroatoms. The highest BCUT2D eigenvalue weighted by Crippen LogP contribution is 2.27. The van der Waals surface area contributed by atoms with Gasteiger partial charge in [0, 0.05) is 21.5 Å². The summed E-state index contributed by atoms with van der Waals surface area (Å²) in [5, 5.41) is 1.18. The van der Waals surface area contributed by atoms with E-state index in [9.17, 15) is 4.39 Å². The van der Waals surface area contributed by atoms with Crippen LogP contribution in [-0.4, -0.2) is 0 Å². The van der Waals surface area contributed by atoms with E-state index in [0.29, 0.717) is 10.4 Å². The zero-order valence-corrected chi connectivity index (χ0v) is 12.8. The highest BCUT2D eigenvalue weighted by Gasteiger charge is 2.10. The summed E-state index contributed by atoms with van der Waals surface area (Å²) in [6, 6.07) is 10.6. The number of benzene rings is 2. The molecule has 0 radical (unpaired) electrons. The molecule has 0 saturated heterocycles. The molecule has 2 aromatic rings. The molecular formula is C15H13BrClFO. The van der Waals surface area contributed by atoms with E-state index in [4.69, 9.17) is 16.3 Å². The van der Waals surface area contributed by atoms with Crippen molar-refractivity contribution in [2.24, 2.45) is 0 Å². The van der Waals surface area contributed by atoms with Crippen LogP contribution < -0.4 is 4.74 Å². The maximum Gasteiger partial charge on any atom is 0.165 e. The van der Waals surface area contributed by atoms with Gasteiger partial charge in [-0.2, -0.15) is 0 Å². The van der Waals surface area contributed by atoms with E-state index in [1.165, 1.54) is 6.07 Å². The van der Waals surface area contributed by atoms with Crippen LogP contribution >= 0.6 is 27.5 Å². The molecule has 0 fully saturated rings. The number of rotatable bonds is 4. The average molecular weight is 344 g/mol.